The van der Waals surface area contributed by atoms with E-state index in [4.69, 9.17) is 0 Å². The molecule has 1 heterocycles. The second-order valence-corrected chi connectivity index (χ2v) is 4.23. The van der Waals surface area contributed by atoms with Gasteiger partial charge in [-0.05, 0) is 29.7 Å². The summed E-state index contributed by atoms with van der Waals surface area (Å²) < 4.78 is 0. The Morgan fingerprint density at radius 3 is 3.00 bits per heavy atom. The molecule has 2 nitrogen and oxygen atoms in total. The number of nitrogens with one attached hydrogen (secondary N) is 1. The molecule has 0 aliphatic heterocycles. The SMILES string of the molecule is Cc1ccsc1CNC(=O)CCS. The van der Waals surface area contributed by atoms with Crippen molar-refractivity contribution in [2.24, 2.45) is 0 Å². The fraction of sp³-hybridized carbons (Fsp3) is 0.444. The van der Waals surface area contributed by atoms with Crippen molar-refractivity contribution in [3.63, 3.8) is 0 Å². The van der Waals surface area contributed by atoms with Crippen LogP contribution in [0, 0.1) is 6.92 Å². The normalized spacial score (nSPS) is 10.0. The van der Waals surface area contributed by atoms with E-state index in [0.29, 0.717) is 18.7 Å². The lowest BCUT2D eigenvalue weighted by Crippen LogP contribution is -2.22. The number of hydrogen-bond acceptors (Lipinski definition) is 3. The first kappa shape index (κ1) is 10.6. The summed E-state index contributed by atoms with van der Waals surface area (Å²) in [7, 11) is 0. The highest BCUT2D eigenvalue weighted by Gasteiger charge is 2.02. The van der Waals surface area contributed by atoms with Crippen molar-refractivity contribution in [2.75, 3.05) is 5.75 Å². The van der Waals surface area contributed by atoms with Gasteiger partial charge in [-0.25, -0.2) is 0 Å². The Bertz CT molecular complexity index is 283. The average molecular weight is 215 g/mol. The molecule has 0 fully saturated rings. The molecule has 0 radical (unpaired) electrons. The Labute approximate surface area is 87.8 Å². The van der Waals surface area contributed by atoms with Crippen molar-refractivity contribution in [3.05, 3.63) is 21.9 Å². The van der Waals surface area contributed by atoms with Crippen molar-refractivity contribution in [3.8, 4) is 0 Å². The third kappa shape index (κ3) is 3.40. The lowest BCUT2D eigenvalue weighted by atomic mass is 10.3. The predicted molar refractivity (Wildman–Crippen MR) is 59.4 cm³/mol. The molecule has 0 saturated heterocycles. The summed E-state index contributed by atoms with van der Waals surface area (Å²) in [5.41, 5.74) is 1.25. The van der Waals surface area contributed by atoms with Crippen LogP contribution in [0.5, 0.6) is 0 Å². The molecule has 0 aromatic carbocycles. The average Bonchev–Trinajstić information content (AvgIpc) is 2.48. The standard InChI is InChI=1S/C9H13NOS2/c1-7-3-5-13-8(7)6-10-9(11)2-4-12/h3,5,12H,2,4,6H2,1H3,(H,10,11). The van der Waals surface area contributed by atoms with Gasteiger partial charge in [-0.1, -0.05) is 0 Å². The monoisotopic (exact) mass is 215 g/mol. The first-order valence-corrected chi connectivity index (χ1v) is 5.65. The zero-order valence-corrected chi connectivity index (χ0v) is 9.25. The summed E-state index contributed by atoms with van der Waals surface area (Å²) in [6.45, 7) is 2.70. The molecule has 13 heavy (non-hydrogen) atoms. The molecule has 4 heteroatoms. The van der Waals surface area contributed by atoms with Gasteiger partial charge in [-0.3, -0.25) is 4.79 Å². The zero-order chi connectivity index (χ0) is 9.68. The highest BCUT2D eigenvalue weighted by molar-refractivity contribution is 7.80. The van der Waals surface area contributed by atoms with Gasteiger partial charge in [-0.15, -0.1) is 11.3 Å². The third-order valence-corrected chi connectivity index (χ3v) is 3.00. The Balaban J connectivity index is 2.35. The first-order chi connectivity index (χ1) is 6.24. The van der Waals surface area contributed by atoms with E-state index in [0.717, 1.165) is 0 Å². The number of carbonyl (C=O) groups is 1. The van der Waals surface area contributed by atoms with Crippen LogP contribution >= 0.6 is 24.0 Å². The quantitative estimate of drug-likeness (QED) is 0.739. The maximum Gasteiger partial charge on any atom is 0.221 e. The predicted octanol–water partition coefficient (Wildman–Crippen LogP) is 1.99. The lowest BCUT2D eigenvalue weighted by molar-refractivity contribution is -0.120. The number of amides is 1. The molecule has 1 rings (SSSR count). The van der Waals surface area contributed by atoms with E-state index in [1.54, 1.807) is 11.3 Å². The fourth-order valence-electron chi connectivity index (χ4n) is 0.954. The number of thiol groups is 1. The number of carbonyl (C=O) groups excluding carboxylic acids is 1. The molecule has 0 bridgehead atoms. The minimum Gasteiger partial charge on any atom is -0.351 e. The van der Waals surface area contributed by atoms with Crippen molar-refractivity contribution in [2.45, 2.75) is 19.9 Å². The van der Waals surface area contributed by atoms with E-state index in [-0.39, 0.29) is 5.91 Å². The Kier molecular flexibility index (Phi) is 4.32. The number of thiophene rings is 1. The molecule has 0 spiro atoms. The van der Waals surface area contributed by atoms with E-state index in [1.807, 2.05) is 5.38 Å². The van der Waals surface area contributed by atoms with Gasteiger partial charge in [0.25, 0.3) is 0 Å². The van der Waals surface area contributed by atoms with Crippen LogP contribution in [-0.2, 0) is 11.3 Å². The summed E-state index contributed by atoms with van der Waals surface area (Å²) in [6.07, 6.45) is 0.494. The van der Waals surface area contributed by atoms with Gasteiger partial charge in [-0.2, -0.15) is 12.6 Å². The van der Waals surface area contributed by atoms with Gasteiger partial charge in [0.1, 0.15) is 0 Å². The Hall–Kier alpha value is -0.480. The van der Waals surface area contributed by atoms with E-state index in [2.05, 4.69) is 30.9 Å². The van der Waals surface area contributed by atoms with Crippen LogP contribution in [-0.4, -0.2) is 11.7 Å². The molecular weight excluding hydrogens is 202 g/mol. The van der Waals surface area contributed by atoms with E-state index >= 15 is 0 Å². The topological polar surface area (TPSA) is 29.1 Å². The van der Waals surface area contributed by atoms with Crippen LogP contribution in [0.15, 0.2) is 11.4 Å². The Morgan fingerprint density at radius 1 is 1.69 bits per heavy atom. The van der Waals surface area contributed by atoms with Crippen molar-refractivity contribution in [1.29, 1.82) is 0 Å². The van der Waals surface area contributed by atoms with Crippen LogP contribution in [0.2, 0.25) is 0 Å². The lowest BCUT2D eigenvalue weighted by Gasteiger charge is -2.02. The zero-order valence-electron chi connectivity index (χ0n) is 7.54. The molecule has 0 atom stereocenters. The molecule has 1 aromatic rings. The summed E-state index contributed by atoms with van der Waals surface area (Å²) in [6, 6.07) is 2.06. The maximum atomic E-state index is 11.1. The summed E-state index contributed by atoms with van der Waals surface area (Å²) in [5, 5.41) is 4.89. The molecule has 1 amide bonds. The Morgan fingerprint density at radius 2 is 2.46 bits per heavy atom. The van der Waals surface area contributed by atoms with Gasteiger partial charge in [0.2, 0.25) is 5.91 Å². The van der Waals surface area contributed by atoms with Gasteiger partial charge in [0.15, 0.2) is 0 Å². The van der Waals surface area contributed by atoms with E-state index in [1.165, 1.54) is 10.4 Å². The van der Waals surface area contributed by atoms with Crippen LogP contribution in [0.4, 0.5) is 0 Å². The molecule has 72 valence electrons. The smallest absolute Gasteiger partial charge is 0.221 e. The number of hydrogen-bond donors (Lipinski definition) is 2. The maximum absolute atomic E-state index is 11.1. The summed E-state index contributed by atoms with van der Waals surface area (Å²) in [4.78, 5) is 12.3. The largest absolute Gasteiger partial charge is 0.351 e. The molecule has 0 aliphatic rings. The van der Waals surface area contributed by atoms with Crippen molar-refractivity contribution >= 4 is 29.9 Å². The van der Waals surface area contributed by atoms with Gasteiger partial charge in [0.05, 0.1) is 6.54 Å². The van der Waals surface area contributed by atoms with Crippen LogP contribution in [0.25, 0.3) is 0 Å². The minimum atomic E-state index is 0.0720. The molecule has 0 aliphatic carbocycles. The van der Waals surface area contributed by atoms with Crippen LogP contribution in [0.1, 0.15) is 16.9 Å². The minimum absolute atomic E-state index is 0.0720. The van der Waals surface area contributed by atoms with Gasteiger partial charge >= 0.3 is 0 Å². The molecule has 0 unspecified atom stereocenters. The van der Waals surface area contributed by atoms with Crippen molar-refractivity contribution < 1.29 is 4.79 Å². The second kappa shape index (κ2) is 5.29. The third-order valence-electron chi connectivity index (χ3n) is 1.75. The summed E-state index contributed by atoms with van der Waals surface area (Å²) >= 11 is 5.67. The molecular formula is C9H13NOS2. The van der Waals surface area contributed by atoms with Crippen LogP contribution < -0.4 is 5.32 Å². The van der Waals surface area contributed by atoms with E-state index in [9.17, 15) is 4.79 Å². The molecule has 0 saturated carbocycles. The molecule has 1 aromatic heterocycles. The number of aryl methyl sites for hydroxylation is 1. The highest BCUT2D eigenvalue weighted by atomic mass is 32.1. The van der Waals surface area contributed by atoms with Gasteiger partial charge < -0.3 is 5.32 Å². The molecule has 1 N–H and O–H groups in total. The van der Waals surface area contributed by atoms with Crippen molar-refractivity contribution in [1.82, 2.24) is 5.32 Å². The summed E-state index contributed by atoms with van der Waals surface area (Å²) in [5.74, 6) is 0.678. The van der Waals surface area contributed by atoms with Crippen LogP contribution in [0.3, 0.4) is 0 Å². The van der Waals surface area contributed by atoms with E-state index < -0.39 is 0 Å². The second-order valence-electron chi connectivity index (χ2n) is 2.78. The first-order valence-electron chi connectivity index (χ1n) is 4.14. The number of rotatable bonds is 4. The van der Waals surface area contributed by atoms with Gasteiger partial charge in [0, 0.05) is 11.3 Å². The fourth-order valence-corrected chi connectivity index (χ4v) is 2.00. The highest BCUT2D eigenvalue weighted by Crippen LogP contribution is 2.14.